The molecule has 3 rings (SSSR count). The first kappa shape index (κ1) is 15.4. The molecule has 0 spiro atoms. The first-order chi connectivity index (χ1) is 11.0. The van der Waals surface area contributed by atoms with Crippen molar-refractivity contribution in [3.63, 3.8) is 0 Å². The summed E-state index contributed by atoms with van der Waals surface area (Å²) in [6, 6.07) is 14.0. The summed E-state index contributed by atoms with van der Waals surface area (Å²) in [7, 11) is 0. The fourth-order valence-corrected chi connectivity index (χ4v) is 3.18. The van der Waals surface area contributed by atoms with Crippen molar-refractivity contribution in [2.24, 2.45) is 0 Å². The Hall–Kier alpha value is -2.46. The average Bonchev–Trinajstić information content (AvgIpc) is 2.95. The molecular weight excluding hydrogens is 304 g/mol. The summed E-state index contributed by atoms with van der Waals surface area (Å²) in [6.45, 7) is 6.03. The summed E-state index contributed by atoms with van der Waals surface area (Å²) >= 11 is 1.44. The van der Waals surface area contributed by atoms with Gasteiger partial charge in [-0.15, -0.1) is 11.3 Å². The molecule has 1 amide bonds. The maximum absolute atomic E-state index is 12.4. The predicted molar refractivity (Wildman–Crippen MR) is 96.2 cm³/mol. The van der Waals surface area contributed by atoms with Gasteiger partial charge < -0.3 is 0 Å². The Labute approximate surface area is 140 Å². The highest BCUT2D eigenvalue weighted by atomic mass is 32.1. The van der Waals surface area contributed by atoms with Crippen LogP contribution in [0.1, 0.15) is 27.0 Å². The Bertz CT molecular complexity index is 830. The van der Waals surface area contributed by atoms with Gasteiger partial charge in [-0.25, -0.2) is 4.98 Å². The summed E-state index contributed by atoms with van der Waals surface area (Å²) in [5, 5.41) is 5.46. The quantitative estimate of drug-likeness (QED) is 0.738. The number of benzene rings is 2. The summed E-state index contributed by atoms with van der Waals surface area (Å²) < 4.78 is 0. The molecule has 0 unspecified atom stereocenters. The zero-order valence-electron chi connectivity index (χ0n) is 13.4. The number of aryl methyl sites for hydroxylation is 3. The largest absolute Gasteiger partial charge is 0.298 e. The predicted octanol–water partition coefficient (Wildman–Crippen LogP) is 4.99. The van der Waals surface area contributed by atoms with Gasteiger partial charge in [0.1, 0.15) is 0 Å². The SMILES string of the molecule is Cc1ccc(-c2csc(NC(=O)c3cc(C)cc(C)c3)n2)cc1. The molecule has 3 nitrogen and oxygen atoms in total. The molecule has 1 N–H and O–H groups in total. The van der Waals surface area contributed by atoms with E-state index in [1.54, 1.807) is 0 Å². The number of aromatic nitrogens is 1. The van der Waals surface area contributed by atoms with E-state index in [0.29, 0.717) is 10.7 Å². The first-order valence-electron chi connectivity index (χ1n) is 7.43. The van der Waals surface area contributed by atoms with Gasteiger partial charge in [0.2, 0.25) is 0 Å². The fourth-order valence-electron chi connectivity index (χ4n) is 2.46. The highest BCUT2D eigenvalue weighted by molar-refractivity contribution is 7.14. The van der Waals surface area contributed by atoms with Gasteiger partial charge in [0.05, 0.1) is 5.69 Å². The van der Waals surface area contributed by atoms with Crippen molar-refractivity contribution in [3.05, 3.63) is 70.1 Å². The summed E-state index contributed by atoms with van der Waals surface area (Å²) in [5.41, 5.74) is 5.97. The van der Waals surface area contributed by atoms with Crippen molar-refractivity contribution in [3.8, 4) is 11.3 Å². The van der Waals surface area contributed by atoms with E-state index in [1.807, 2.05) is 43.5 Å². The Balaban J connectivity index is 1.78. The Morgan fingerprint density at radius 2 is 1.61 bits per heavy atom. The van der Waals surface area contributed by atoms with Crippen LogP contribution in [0, 0.1) is 20.8 Å². The van der Waals surface area contributed by atoms with Gasteiger partial charge in [-0.05, 0) is 32.9 Å². The van der Waals surface area contributed by atoms with Crippen LogP contribution in [0.25, 0.3) is 11.3 Å². The van der Waals surface area contributed by atoms with Gasteiger partial charge in [-0.3, -0.25) is 10.1 Å². The lowest BCUT2D eigenvalue weighted by molar-refractivity contribution is 0.102. The van der Waals surface area contributed by atoms with Crippen LogP contribution >= 0.6 is 11.3 Å². The van der Waals surface area contributed by atoms with Gasteiger partial charge in [-0.1, -0.05) is 47.0 Å². The van der Waals surface area contributed by atoms with Crippen LogP contribution in [0.15, 0.2) is 47.8 Å². The third-order valence-corrected chi connectivity index (χ3v) is 4.31. The van der Waals surface area contributed by atoms with Crippen LogP contribution < -0.4 is 5.32 Å². The van der Waals surface area contributed by atoms with Crippen molar-refractivity contribution < 1.29 is 4.79 Å². The van der Waals surface area contributed by atoms with E-state index in [4.69, 9.17) is 0 Å². The van der Waals surface area contributed by atoms with Gasteiger partial charge in [0, 0.05) is 16.5 Å². The molecular formula is C19H18N2OS. The van der Waals surface area contributed by atoms with Crippen molar-refractivity contribution in [1.29, 1.82) is 0 Å². The lowest BCUT2D eigenvalue weighted by atomic mass is 10.1. The highest BCUT2D eigenvalue weighted by Gasteiger charge is 2.10. The molecule has 0 aliphatic carbocycles. The molecule has 0 saturated heterocycles. The third kappa shape index (κ3) is 3.66. The zero-order chi connectivity index (χ0) is 16.4. The number of carbonyl (C=O) groups excluding carboxylic acids is 1. The van der Waals surface area contributed by atoms with Gasteiger partial charge in [-0.2, -0.15) is 0 Å². The van der Waals surface area contributed by atoms with Crippen LogP contribution in [0.2, 0.25) is 0 Å². The Morgan fingerprint density at radius 1 is 0.957 bits per heavy atom. The van der Waals surface area contributed by atoms with E-state index in [2.05, 4.69) is 35.4 Å². The Kier molecular flexibility index (Phi) is 4.26. The molecule has 3 aromatic rings. The van der Waals surface area contributed by atoms with Crippen molar-refractivity contribution in [1.82, 2.24) is 4.98 Å². The molecule has 0 aliphatic rings. The third-order valence-electron chi connectivity index (χ3n) is 3.56. The van der Waals surface area contributed by atoms with E-state index in [-0.39, 0.29) is 5.91 Å². The monoisotopic (exact) mass is 322 g/mol. The van der Waals surface area contributed by atoms with E-state index >= 15 is 0 Å². The highest BCUT2D eigenvalue weighted by Crippen LogP contribution is 2.25. The standard InChI is InChI=1S/C19H18N2OS/c1-12-4-6-15(7-5-12)17-11-23-19(20-17)21-18(22)16-9-13(2)8-14(3)10-16/h4-11H,1-3H3,(H,20,21,22). The molecule has 0 saturated carbocycles. The molecule has 1 heterocycles. The van der Waals surface area contributed by atoms with Crippen molar-refractivity contribution >= 4 is 22.4 Å². The smallest absolute Gasteiger partial charge is 0.257 e. The molecule has 0 bridgehead atoms. The number of hydrogen-bond acceptors (Lipinski definition) is 3. The lowest BCUT2D eigenvalue weighted by Gasteiger charge is -2.04. The minimum absolute atomic E-state index is 0.124. The fraction of sp³-hybridized carbons (Fsp3) is 0.158. The number of nitrogens with zero attached hydrogens (tertiary/aromatic N) is 1. The zero-order valence-corrected chi connectivity index (χ0v) is 14.2. The van der Waals surface area contributed by atoms with E-state index in [1.165, 1.54) is 16.9 Å². The molecule has 0 atom stereocenters. The number of rotatable bonds is 3. The number of anilines is 1. The molecule has 2 aromatic carbocycles. The van der Waals surface area contributed by atoms with E-state index < -0.39 is 0 Å². The first-order valence-corrected chi connectivity index (χ1v) is 8.31. The van der Waals surface area contributed by atoms with Crippen LogP contribution in [0.5, 0.6) is 0 Å². The summed E-state index contributed by atoms with van der Waals surface area (Å²) in [4.78, 5) is 16.9. The minimum Gasteiger partial charge on any atom is -0.298 e. The average molecular weight is 322 g/mol. The lowest BCUT2D eigenvalue weighted by Crippen LogP contribution is -2.12. The number of amides is 1. The van der Waals surface area contributed by atoms with Gasteiger partial charge >= 0.3 is 0 Å². The number of hydrogen-bond donors (Lipinski definition) is 1. The van der Waals surface area contributed by atoms with E-state index in [9.17, 15) is 4.79 Å². The number of thiazole rings is 1. The second-order valence-corrected chi connectivity index (χ2v) is 6.59. The Morgan fingerprint density at radius 3 is 2.26 bits per heavy atom. The van der Waals surface area contributed by atoms with Crippen LogP contribution in [0.3, 0.4) is 0 Å². The number of nitrogens with one attached hydrogen (secondary N) is 1. The van der Waals surface area contributed by atoms with Crippen LogP contribution in [0.4, 0.5) is 5.13 Å². The van der Waals surface area contributed by atoms with Gasteiger partial charge in [0.25, 0.3) is 5.91 Å². The second kappa shape index (κ2) is 6.34. The number of carbonyl (C=O) groups is 1. The molecule has 0 fully saturated rings. The molecule has 116 valence electrons. The normalized spacial score (nSPS) is 10.6. The molecule has 0 aliphatic heterocycles. The van der Waals surface area contributed by atoms with Crippen LogP contribution in [-0.4, -0.2) is 10.9 Å². The second-order valence-electron chi connectivity index (χ2n) is 5.73. The summed E-state index contributed by atoms with van der Waals surface area (Å²) in [5.74, 6) is -0.124. The van der Waals surface area contributed by atoms with Crippen molar-refractivity contribution in [2.45, 2.75) is 20.8 Å². The molecule has 23 heavy (non-hydrogen) atoms. The van der Waals surface area contributed by atoms with Gasteiger partial charge in [0.15, 0.2) is 5.13 Å². The van der Waals surface area contributed by atoms with Crippen molar-refractivity contribution in [2.75, 3.05) is 5.32 Å². The molecule has 1 aromatic heterocycles. The summed E-state index contributed by atoms with van der Waals surface area (Å²) in [6.07, 6.45) is 0. The maximum Gasteiger partial charge on any atom is 0.257 e. The van der Waals surface area contributed by atoms with Crippen LogP contribution in [-0.2, 0) is 0 Å². The van der Waals surface area contributed by atoms with E-state index in [0.717, 1.165) is 22.4 Å². The topological polar surface area (TPSA) is 42.0 Å². The molecule has 0 radical (unpaired) electrons. The minimum atomic E-state index is -0.124. The maximum atomic E-state index is 12.4. The molecule has 4 heteroatoms.